The second-order valence-electron chi connectivity index (χ2n) is 4.51. The molecule has 128 valence electrons. The zero-order chi connectivity index (χ0) is 14.9. The first-order chi connectivity index (χ1) is 9.30. The highest BCUT2D eigenvalue weighted by atomic mass is 79.9. The van der Waals surface area contributed by atoms with Crippen molar-refractivity contribution in [2.45, 2.75) is 12.2 Å². The maximum atomic E-state index is 13.8. The first kappa shape index (κ1) is 21.9. The fraction of sp³-hybridized carbons (Fsp3) is 0.500. The molecule has 22 heavy (non-hydrogen) atoms. The molecule has 0 radical (unpaired) electrons. The predicted molar refractivity (Wildman–Crippen MR) is 81.8 cm³/mol. The molecule has 1 fully saturated rings. The van der Waals surface area contributed by atoms with Crippen molar-refractivity contribution in [3.8, 4) is 0 Å². The summed E-state index contributed by atoms with van der Waals surface area (Å²) in [5.74, 6) is -2.39. The molecule has 0 amide bonds. The standard InChI is InChI=1S/C12H12BrF5N2.2ClH/c13-7-5-8(14)10(9(15)6-7)11(12(16,17)18)20-3-1-19-2-4-20;;/h5-6,11,19H,1-4H2;2*1H/t11-;;/m0../s1. The fourth-order valence-electron chi connectivity index (χ4n) is 2.31. The summed E-state index contributed by atoms with van der Waals surface area (Å²) in [6.45, 7) is 0.872. The number of benzene rings is 1. The third kappa shape index (κ3) is 4.92. The molecule has 0 bridgehead atoms. The summed E-state index contributed by atoms with van der Waals surface area (Å²) < 4.78 is 67.5. The lowest BCUT2D eigenvalue weighted by atomic mass is 10.0. The van der Waals surface area contributed by atoms with Crippen molar-refractivity contribution in [1.29, 1.82) is 0 Å². The zero-order valence-corrected chi connectivity index (χ0v) is 14.3. The summed E-state index contributed by atoms with van der Waals surface area (Å²) in [4.78, 5) is 1.05. The molecule has 1 atom stereocenters. The molecule has 10 heteroatoms. The average molecular weight is 432 g/mol. The molecule has 1 aromatic rings. The van der Waals surface area contributed by atoms with Crippen molar-refractivity contribution in [3.05, 3.63) is 33.8 Å². The van der Waals surface area contributed by atoms with Gasteiger partial charge in [-0.25, -0.2) is 8.78 Å². The second-order valence-corrected chi connectivity index (χ2v) is 5.43. The van der Waals surface area contributed by atoms with Crippen LogP contribution in [0.3, 0.4) is 0 Å². The Labute approximate surface area is 145 Å². The molecule has 1 N–H and O–H groups in total. The van der Waals surface area contributed by atoms with Gasteiger partial charge >= 0.3 is 6.18 Å². The van der Waals surface area contributed by atoms with Crippen LogP contribution in [0.4, 0.5) is 22.0 Å². The smallest absolute Gasteiger partial charge is 0.314 e. The zero-order valence-electron chi connectivity index (χ0n) is 11.1. The number of hydrogen-bond acceptors (Lipinski definition) is 2. The van der Waals surface area contributed by atoms with E-state index in [1.54, 1.807) is 0 Å². The summed E-state index contributed by atoms with van der Waals surface area (Å²) in [7, 11) is 0. The molecular weight excluding hydrogens is 418 g/mol. The lowest BCUT2D eigenvalue weighted by Crippen LogP contribution is -2.49. The van der Waals surface area contributed by atoms with Crippen LogP contribution in [-0.4, -0.2) is 37.3 Å². The summed E-state index contributed by atoms with van der Waals surface area (Å²) >= 11 is 2.86. The molecule has 1 aliphatic heterocycles. The molecular formula is C12H14BrCl2F5N2. The van der Waals surface area contributed by atoms with Gasteiger partial charge in [0, 0.05) is 36.2 Å². The maximum Gasteiger partial charge on any atom is 0.408 e. The Kier molecular flexibility index (Phi) is 8.57. The van der Waals surface area contributed by atoms with Gasteiger partial charge in [-0.2, -0.15) is 13.2 Å². The van der Waals surface area contributed by atoms with Gasteiger partial charge in [-0.3, -0.25) is 4.90 Å². The number of hydrogen-bond donors (Lipinski definition) is 1. The molecule has 1 saturated heterocycles. The molecule has 0 unspecified atom stereocenters. The van der Waals surface area contributed by atoms with Crippen molar-refractivity contribution in [2.24, 2.45) is 0 Å². The van der Waals surface area contributed by atoms with Gasteiger partial charge in [0.05, 0.1) is 0 Å². The van der Waals surface area contributed by atoms with Crippen molar-refractivity contribution >= 4 is 40.7 Å². The van der Waals surface area contributed by atoms with E-state index in [0.717, 1.165) is 17.0 Å². The second kappa shape index (κ2) is 8.63. The van der Waals surface area contributed by atoms with E-state index in [-0.39, 0.29) is 42.4 Å². The molecule has 1 aliphatic rings. The molecule has 1 aromatic carbocycles. The van der Waals surface area contributed by atoms with Crippen molar-refractivity contribution in [2.75, 3.05) is 26.2 Å². The molecule has 0 spiro atoms. The van der Waals surface area contributed by atoms with E-state index < -0.39 is 29.4 Å². The van der Waals surface area contributed by atoms with Crippen LogP contribution in [0.5, 0.6) is 0 Å². The maximum absolute atomic E-state index is 13.8. The summed E-state index contributed by atoms with van der Waals surface area (Å²) in [5, 5.41) is 2.91. The van der Waals surface area contributed by atoms with Crippen LogP contribution in [0.15, 0.2) is 16.6 Å². The van der Waals surface area contributed by atoms with Crippen molar-refractivity contribution < 1.29 is 22.0 Å². The minimum Gasteiger partial charge on any atom is -0.314 e. The minimum absolute atomic E-state index is 0. The van der Waals surface area contributed by atoms with Gasteiger partial charge in [-0.05, 0) is 12.1 Å². The third-order valence-corrected chi connectivity index (χ3v) is 3.60. The molecule has 0 aliphatic carbocycles. The van der Waals surface area contributed by atoms with Crippen LogP contribution >= 0.6 is 40.7 Å². The summed E-state index contributed by atoms with van der Waals surface area (Å²) in [5.41, 5.74) is -0.942. The van der Waals surface area contributed by atoms with Gasteiger partial charge < -0.3 is 5.32 Å². The molecule has 2 nitrogen and oxygen atoms in total. The number of alkyl halides is 3. The number of nitrogens with zero attached hydrogens (tertiary/aromatic N) is 1. The summed E-state index contributed by atoms with van der Waals surface area (Å²) in [6.07, 6.45) is -4.74. The van der Waals surface area contributed by atoms with E-state index >= 15 is 0 Å². The highest BCUT2D eigenvalue weighted by Crippen LogP contribution is 2.40. The van der Waals surface area contributed by atoms with Crippen LogP contribution in [0.25, 0.3) is 0 Å². The molecule has 2 rings (SSSR count). The highest BCUT2D eigenvalue weighted by molar-refractivity contribution is 9.10. The first-order valence-electron chi connectivity index (χ1n) is 5.96. The largest absolute Gasteiger partial charge is 0.408 e. The van der Waals surface area contributed by atoms with Gasteiger partial charge in [0.15, 0.2) is 0 Å². The van der Waals surface area contributed by atoms with Gasteiger partial charge in [-0.1, -0.05) is 15.9 Å². The monoisotopic (exact) mass is 430 g/mol. The van der Waals surface area contributed by atoms with Gasteiger partial charge in [0.1, 0.15) is 17.7 Å². The number of rotatable bonds is 2. The number of halogens is 8. The van der Waals surface area contributed by atoms with Crippen LogP contribution in [0.1, 0.15) is 11.6 Å². The Morgan fingerprint density at radius 1 is 1.05 bits per heavy atom. The Morgan fingerprint density at radius 3 is 1.91 bits per heavy atom. The lowest BCUT2D eigenvalue weighted by molar-refractivity contribution is -0.189. The fourth-order valence-corrected chi connectivity index (χ4v) is 2.71. The van der Waals surface area contributed by atoms with Gasteiger partial charge in [-0.15, -0.1) is 24.8 Å². The van der Waals surface area contributed by atoms with E-state index in [1.165, 1.54) is 0 Å². The van der Waals surface area contributed by atoms with E-state index in [0.29, 0.717) is 13.1 Å². The van der Waals surface area contributed by atoms with Gasteiger partial charge in [0.25, 0.3) is 0 Å². The molecule has 1 heterocycles. The molecule has 0 aromatic heterocycles. The Hall–Kier alpha value is -0.150. The Balaban J connectivity index is 0.00000220. The SMILES string of the molecule is Cl.Cl.Fc1cc(Br)cc(F)c1[C@H](N1CCNCC1)C(F)(F)F. The van der Waals surface area contributed by atoms with E-state index in [4.69, 9.17) is 0 Å². The van der Waals surface area contributed by atoms with Gasteiger partial charge in [0.2, 0.25) is 0 Å². The topological polar surface area (TPSA) is 15.3 Å². The van der Waals surface area contributed by atoms with Crippen LogP contribution in [-0.2, 0) is 0 Å². The quantitative estimate of drug-likeness (QED) is 0.710. The van der Waals surface area contributed by atoms with Crippen LogP contribution < -0.4 is 5.32 Å². The lowest BCUT2D eigenvalue weighted by Gasteiger charge is -2.36. The van der Waals surface area contributed by atoms with Crippen LogP contribution in [0.2, 0.25) is 0 Å². The van der Waals surface area contributed by atoms with E-state index in [1.807, 2.05) is 0 Å². The van der Waals surface area contributed by atoms with E-state index in [9.17, 15) is 22.0 Å². The average Bonchev–Trinajstić information content (AvgIpc) is 2.33. The number of piperazine rings is 1. The Bertz CT molecular complexity index is 472. The Morgan fingerprint density at radius 2 is 1.50 bits per heavy atom. The summed E-state index contributed by atoms with van der Waals surface area (Å²) in [6, 6.07) is -0.573. The molecule has 0 saturated carbocycles. The highest BCUT2D eigenvalue weighted by Gasteiger charge is 2.47. The predicted octanol–water partition coefficient (Wildman–Crippen LogP) is 4.08. The van der Waals surface area contributed by atoms with Crippen molar-refractivity contribution in [1.82, 2.24) is 10.2 Å². The van der Waals surface area contributed by atoms with E-state index in [2.05, 4.69) is 21.2 Å². The first-order valence-corrected chi connectivity index (χ1v) is 6.76. The number of nitrogens with one attached hydrogen (secondary N) is 1. The third-order valence-electron chi connectivity index (χ3n) is 3.14. The van der Waals surface area contributed by atoms with Crippen molar-refractivity contribution in [3.63, 3.8) is 0 Å². The minimum atomic E-state index is -4.74. The normalized spacial score (nSPS) is 17.4. The van der Waals surface area contributed by atoms with Crippen LogP contribution in [0, 0.1) is 11.6 Å².